The summed E-state index contributed by atoms with van der Waals surface area (Å²) in [7, 11) is 0. The Hall–Kier alpha value is -2.19. The van der Waals surface area contributed by atoms with Gasteiger partial charge < -0.3 is 30.2 Å². The number of ether oxygens (including phenoxy) is 3. The molecule has 0 unspecified atom stereocenters. The highest BCUT2D eigenvalue weighted by Crippen LogP contribution is 2.29. The lowest BCUT2D eigenvalue weighted by atomic mass is 9.80. The molecule has 0 heterocycles. The molecule has 0 aromatic rings. The molecule has 0 radical (unpaired) electrons. The summed E-state index contributed by atoms with van der Waals surface area (Å²) in [5.74, 6) is 0. The first kappa shape index (κ1) is 29.8. The standard InChI is InChI=1S/C23H45N3O6/c1-20(2,3)30-17(27)24-14-11-23(10,12-15-25-18(28)31-21(4,5)6)13-16-26-19(29)32-22(7,8)9/h11-16H2,1-10H3,(H,24,27)(H,25,28)(H,26,29). The van der Waals surface area contributed by atoms with Crippen molar-refractivity contribution in [3.8, 4) is 0 Å². The van der Waals surface area contributed by atoms with E-state index in [2.05, 4.69) is 22.9 Å². The SMILES string of the molecule is CC(CCNC(=O)OC(C)(C)C)(CCNC(=O)OC(C)(C)C)CCNC(=O)OC(C)(C)C. The van der Waals surface area contributed by atoms with Gasteiger partial charge in [-0.25, -0.2) is 14.4 Å². The third-order valence-electron chi connectivity index (χ3n) is 4.19. The number of hydrogen-bond acceptors (Lipinski definition) is 6. The van der Waals surface area contributed by atoms with Crippen molar-refractivity contribution in [2.24, 2.45) is 5.41 Å². The Morgan fingerprint density at radius 3 is 0.906 bits per heavy atom. The lowest BCUT2D eigenvalue weighted by Crippen LogP contribution is -2.39. The second-order valence-corrected chi connectivity index (χ2v) is 11.3. The van der Waals surface area contributed by atoms with Crippen LogP contribution in [0.15, 0.2) is 0 Å². The smallest absolute Gasteiger partial charge is 0.407 e. The van der Waals surface area contributed by atoms with E-state index in [0.717, 1.165) is 0 Å². The molecule has 0 atom stereocenters. The average molecular weight is 460 g/mol. The van der Waals surface area contributed by atoms with E-state index in [0.29, 0.717) is 38.9 Å². The molecule has 0 spiro atoms. The van der Waals surface area contributed by atoms with Gasteiger partial charge in [0, 0.05) is 19.6 Å². The molecule has 0 rings (SSSR count). The van der Waals surface area contributed by atoms with Gasteiger partial charge in [-0.1, -0.05) is 6.92 Å². The summed E-state index contributed by atoms with van der Waals surface area (Å²) in [6, 6.07) is 0. The molecule has 0 saturated heterocycles. The number of hydrogen-bond donors (Lipinski definition) is 3. The Labute approximate surface area is 193 Å². The number of amides is 3. The van der Waals surface area contributed by atoms with Crippen molar-refractivity contribution in [3.05, 3.63) is 0 Å². The van der Waals surface area contributed by atoms with Crippen LogP contribution in [-0.4, -0.2) is 54.7 Å². The predicted octanol–water partition coefficient (Wildman–Crippen LogP) is 4.74. The van der Waals surface area contributed by atoms with Crippen molar-refractivity contribution in [1.29, 1.82) is 0 Å². The van der Waals surface area contributed by atoms with Gasteiger partial charge in [-0.2, -0.15) is 0 Å². The molecule has 0 bridgehead atoms. The number of rotatable bonds is 9. The summed E-state index contributed by atoms with van der Waals surface area (Å²) >= 11 is 0. The molecule has 0 aromatic carbocycles. The Morgan fingerprint density at radius 1 is 0.500 bits per heavy atom. The fourth-order valence-electron chi connectivity index (χ4n) is 2.72. The van der Waals surface area contributed by atoms with Crippen molar-refractivity contribution >= 4 is 18.3 Å². The van der Waals surface area contributed by atoms with Gasteiger partial charge >= 0.3 is 18.3 Å². The van der Waals surface area contributed by atoms with E-state index in [1.54, 1.807) is 62.3 Å². The first-order chi connectivity index (χ1) is 14.3. The van der Waals surface area contributed by atoms with E-state index < -0.39 is 35.1 Å². The maximum absolute atomic E-state index is 11.9. The van der Waals surface area contributed by atoms with Gasteiger partial charge in [0.1, 0.15) is 16.8 Å². The van der Waals surface area contributed by atoms with E-state index in [9.17, 15) is 14.4 Å². The van der Waals surface area contributed by atoms with E-state index >= 15 is 0 Å². The minimum atomic E-state index is -0.567. The molecule has 0 aliphatic rings. The van der Waals surface area contributed by atoms with Crippen LogP contribution in [0, 0.1) is 5.41 Å². The molecule has 0 aliphatic heterocycles. The van der Waals surface area contributed by atoms with E-state index in [1.165, 1.54) is 0 Å². The van der Waals surface area contributed by atoms with Crippen molar-refractivity contribution in [2.75, 3.05) is 19.6 Å². The molecule has 0 aliphatic carbocycles. The summed E-state index contributed by atoms with van der Waals surface area (Å²) in [4.78, 5) is 35.8. The number of alkyl carbamates (subject to hydrolysis) is 3. The van der Waals surface area contributed by atoms with Crippen LogP contribution in [-0.2, 0) is 14.2 Å². The molecule has 32 heavy (non-hydrogen) atoms. The molecule has 9 nitrogen and oxygen atoms in total. The predicted molar refractivity (Wildman–Crippen MR) is 125 cm³/mol. The first-order valence-electron chi connectivity index (χ1n) is 11.2. The van der Waals surface area contributed by atoms with Gasteiger partial charge in [-0.3, -0.25) is 0 Å². The summed E-state index contributed by atoms with van der Waals surface area (Å²) in [5.41, 5.74) is -1.97. The van der Waals surface area contributed by atoms with Gasteiger partial charge in [0.25, 0.3) is 0 Å². The van der Waals surface area contributed by atoms with Crippen LogP contribution < -0.4 is 16.0 Å². The van der Waals surface area contributed by atoms with Gasteiger partial charge in [0.2, 0.25) is 0 Å². The fourth-order valence-corrected chi connectivity index (χ4v) is 2.72. The normalized spacial score (nSPS) is 12.6. The summed E-state index contributed by atoms with van der Waals surface area (Å²) in [6.07, 6.45) is 0.491. The maximum atomic E-state index is 11.9. The largest absolute Gasteiger partial charge is 0.444 e. The van der Waals surface area contributed by atoms with Crippen LogP contribution in [0.25, 0.3) is 0 Å². The molecule has 3 N–H and O–H groups in total. The van der Waals surface area contributed by atoms with Crippen LogP contribution >= 0.6 is 0 Å². The highest BCUT2D eigenvalue weighted by molar-refractivity contribution is 5.68. The van der Waals surface area contributed by atoms with Crippen LogP contribution in [0.5, 0.6) is 0 Å². The van der Waals surface area contributed by atoms with Gasteiger partial charge in [0.15, 0.2) is 0 Å². The lowest BCUT2D eigenvalue weighted by Gasteiger charge is -2.31. The maximum Gasteiger partial charge on any atom is 0.407 e. The third-order valence-corrected chi connectivity index (χ3v) is 4.19. The lowest BCUT2D eigenvalue weighted by molar-refractivity contribution is 0.0519. The Bertz CT molecular complexity index is 531. The summed E-state index contributed by atoms with van der Waals surface area (Å²) in [5, 5.41) is 8.31. The monoisotopic (exact) mass is 459 g/mol. The van der Waals surface area contributed by atoms with Crippen LogP contribution in [0.1, 0.15) is 88.5 Å². The minimum Gasteiger partial charge on any atom is -0.444 e. The van der Waals surface area contributed by atoms with Gasteiger partial charge in [-0.15, -0.1) is 0 Å². The fraction of sp³-hybridized carbons (Fsp3) is 0.870. The second-order valence-electron chi connectivity index (χ2n) is 11.3. The minimum absolute atomic E-state index is 0.265. The van der Waals surface area contributed by atoms with Crippen molar-refractivity contribution in [3.63, 3.8) is 0 Å². The Morgan fingerprint density at radius 2 is 0.719 bits per heavy atom. The van der Waals surface area contributed by atoms with Gasteiger partial charge in [-0.05, 0) is 87.0 Å². The van der Waals surface area contributed by atoms with Crippen molar-refractivity contribution in [1.82, 2.24) is 16.0 Å². The third kappa shape index (κ3) is 17.5. The molecule has 0 aromatic heterocycles. The number of nitrogens with one attached hydrogen (secondary N) is 3. The molecule has 188 valence electrons. The zero-order valence-electron chi connectivity index (χ0n) is 21.7. The molecular formula is C23H45N3O6. The van der Waals surface area contributed by atoms with Crippen LogP contribution in [0.2, 0.25) is 0 Å². The van der Waals surface area contributed by atoms with Crippen LogP contribution in [0.3, 0.4) is 0 Å². The zero-order valence-corrected chi connectivity index (χ0v) is 21.7. The second kappa shape index (κ2) is 12.2. The number of carbonyl (C=O) groups excluding carboxylic acids is 3. The summed E-state index contributed by atoms with van der Waals surface area (Å²) < 4.78 is 15.8. The highest BCUT2D eigenvalue weighted by atomic mass is 16.6. The Kier molecular flexibility index (Phi) is 11.3. The topological polar surface area (TPSA) is 115 Å². The molecule has 0 saturated carbocycles. The van der Waals surface area contributed by atoms with Crippen molar-refractivity contribution in [2.45, 2.75) is 105 Å². The molecule has 9 heteroatoms. The van der Waals surface area contributed by atoms with E-state index in [1.807, 2.05) is 0 Å². The van der Waals surface area contributed by atoms with Crippen LogP contribution in [0.4, 0.5) is 14.4 Å². The summed E-state index contributed by atoms with van der Waals surface area (Å²) in [6.45, 7) is 19.5. The number of carbonyl (C=O) groups is 3. The molecule has 3 amide bonds. The quantitative estimate of drug-likeness (QED) is 0.429. The molecular weight excluding hydrogens is 414 g/mol. The first-order valence-corrected chi connectivity index (χ1v) is 11.2. The van der Waals surface area contributed by atoms with E-state index in [-0.39, 0.29) is 5.41 Å². The molecule has 0 fully saturated rings. The average Bonchev–Trinajstić information content (AvgIpc) is 2.49. The van der Waals surface area contributed by atoms with E-state index in [4.69, 9.17) is 14.2 Å². The van der Waals surface area contributed by atoms with Crippen molar-refractivity contribution < 1.29 is 28.6 Å². The zero-order chi connectivity index (χ0) is 25.2. The highest BCUT2D eigenvalue weighted by Gasteiger charge is 2.26. The van der Waals surface area contributed by atoms with Gasteiger partial charge in [0.05, 0.1) is 0 Å². The Balaban J connectivity index is 4.79.